The van der Waals surface area contributed by atoms with Crippen LogP contribution in [0.3, 0.4) is 0 Å². The SMILES string of the molecule is CS(=O)(=O)N[C@](Cl)(c1ccccc1)[C@H](N)c1ccccc1.Cc1c(C)c(C)c(C)c(C)c1C.[Ru]. The number of nitrogens with two attached hydrogens (primary N) is 1. The van der Waals surface area contributed by atoms with E-state index < -0.39 is 21.1 Å². The largest absolute Gasteiger partial charge is 0.321 e. The molecule has 3 N–H and O–H groups in total. The third kappa shape index (κ3) is 7.22. The number of rotatable bonds is 5. The van der Waals surface area contributed by atoms with Gasteiger partial charge < -0.3 is 5.73 Å². The summed E-state index contributed by atoms with van der Waals surface area (Å²) in [5, 5.41) is 0. The molecule has 0 bridgehead atoms. The molecule has 0 saturated carbocycles. The van der Waals surface area contributed by atoms with Crippen molar-refractivity contribution < 1.29 is 27.9 Å². The summed E-state index contributed by atoms with van der Waals surface area (Å²) in [5.41, 5.74) is 16.3. The third-order valence-electron chi connectivity index (χ3n) is 6.49. The van der Waals surface area contributed by atoms with Gasteiger partial charge in [-0.2, -0.15) is 4.72 Å². The van der Waals surface area contributed by atoms with Crippen molar-refractivity contribution in [2.24, 2.45) is 5.73 Å². The van der Waals surface area contributed by atoms with Crippen molar-refractivity contribution in [3.63, 3.8) is 0 Å². The van der Waals surface area contributed by atoms with Gasteiger partial charge in [0.2, 0.25) is 10.0 Å². The molecule has 0 saturated heterocycles. The van der Waals surface area contributed by atoms with Gasteiger partial charge in [-0.25, -0.2) is 8.42 Å². The van der Waals surface area contributed by atoms with Gasteiger partial charge in [0.15, 0.2) is 5.00 Å². The van der Waals surface area contributed by atoms with Crippen LogP contribution in [-0.2, 0) is 34.5 Å². The van der Waals surface area contributed by atoms with E-state index in [2.05, 4.69) is 46.3 Å². The Morgan fingerprint density at radius 2 is 1.06 bits per heavy atom. The van der Waals surface area contributed by atoms with Crippen molar-refractivity contribution in [3.05, 3.63) is 105 Å². The van der Waals surface area contributed by atoms with Crippen LogP contribution in [0.2, 0.25) is 0 Å². The number of halogens is 1. The number of hydrogen-bond donors (Lipinski definition) is 2. The van der Waals surface area contributed by atoms with Gasteiger partial charge in [0.25, 0.3) is 0 Å². The van der Waals surface area contributed by atoms with Crippen LogP contribution < -0.4 is 10.5 Å². The summed E-state index contributed by atoms with van der Waals surface area (Å²) in [4.78, 5) is -1.45. The van der Waals surface area contributed by atoms with Crippen LogP contribution >= 0.6 is 11.6 Å². The molecule has 4 nitrogen and oxygen atoms in total. The monoisotopic (exact) mass is 588 g/mol. The second-order valence-corrected chi connectivity index (χ2v) is 10.9. The summed E-state index contributed by atoms with van der Waals surface area (Å²) >= 11 is 6.62. The minimum Gasteiger partial charge on any atom is -0.321 e. The second-order valence-electron chi connectivity index (χ2n) is 8.59. The summed E-state index contributed by atoms with van der Waals surface area (Å²) in [6, 6.07) is 17.3. The predicted molar refractivity (Wildman–Crippen MR) is 140 cm³/mol. The van der Waals surface area contributed by atoms with E-state index >= 15 is 0 Å². The smallest absolute Gasteiger partial charge is 0.210 e. The van der Waals surface area contributed by atoms with Crippen LogP contribution in [-0.4, -0.2) is 14.7 Å². The maximum absolute atomic E-state index is 11.7. The van der Waals surface area contributed by atoms with Gasteiger partial charge in [0, 0.05) is 19.5 Å². The number of nitrogens with one attached hydrogen (secondary N) is 1. The maximum atomic E-state index is 11.7. The average Bonchev–Trinajstić information content (AvgIpc) is 2.80. The Morgan fingerprint density at radius 3 is 1.38 bits per heavy atom. The fourth-order valence-corrected chi connectivity index (χ4v) is 5.29. The molecule has 0 unspecified atom stereocenters. The van der Waals surface area contributed by atoms with Crippen LogP contribution in [0.5, 0.6) is 0 Å². The van der Waals surface area contributed by atoms with Gasteiger partial charge in [0.1, 0.15) is 0 Å². The van der Waals surface area contributed by atoms with E-state index in [4.69, 9.17) is 17.3 Å². The van der Waals surface area contributed by atoms with Crippen molar-refractivity contribution in [2.75, 3.05) is 6.26 Å². The second kappa shape index (κ2) is 12.4. The first kappa shape index (κ1) is 30.5. The van der Waals surface area contributed by atoms with Crippen LogP contribution in [0.1, 0.15) is 50.5 Å². The molecule has 0 aliphatic heterocycles. The van der Waals surface area contributed by atoms with Gasteiger partial charge in [-0.3, -0.25) is 0 Å². The number of sulfonamides is 1. The molecule has 0 radical (unpaired) electrons. The van der Waals surface area contributed by atoms with E-state index in [1.165, 1.54) is 33.4 Å². The molecule has 0 aromatic heterocycles. The molecule has 0 heterocycles. The van der Waals surface area contributed by atoms with Gasteiger partial charge in [-0.15, -0.1) is 0 Å². The molecule has 0 fully saturated rings. The number of hydrogen-bond acceptors (Lipinski definition) is 3. The first-order valence-corrected chi connectivity index (χ1v) is 13.1. The molecule has 0 amide bonds. The fourth-order valence-electron chi connectivity index (χ4n) is 3.83. The zero-order valence-electron chi connectivity index (χ0n) is 20.9. The van der Waals surface area contributed by atoms with Gasteiger partial charge in [-0.05, 0) is 86.1 Å². The van der Waals surface area contributed by atoms with Gasteiger partial charge >= 0.3 is 0 Å². The van der Waals surface area contributed by atoms with E-state index in [-0.39, 0.29) is 19.5 Å². The minimum absolute atomic E-state index is 0. The van der Waals surface area contributed by atoms with E-state index in [0.717, 1.165) is 11.8 Å². The zero-order valence-corrected chi connectivity index (χ0v) is 24.2. The molecule has 0 aliphatic carbocycles. The van der Waals surface area contributed by atoms with E-state index in [0.29, 0.717) is 5.56 Å². The Balaban J connectivity index is 0.000000380. The summed E-state index contributed by atoms with van der Waals surface area (Å²) in [5.74, 6) is 0. The Bertz CT molecular complexity index is 1100. The normalized spacial score (nSPS) is 13.7. The Hall–Kier alpha value is -1.56. The van der Waals surface area contributed by atoms with Crippen molar-refractivity contribution in [2.45, 2.75) is 52.6 Å². The quantitative estimate of drug-likeness (QED) is 0.223. The molecule has 34 heavy (non-hydrogen) atoms. The van der Waals surface area contributed by atoms with Crippen molar-refractivity contribution >= 4 is 21.6 Å². The predicted octanol–water partition coefficient (Wildman–Crippen LogP) is 5.86. The molecule has 186 valence electrons. The average molecular weight is 588 g/mol. The fraction of sp³-hybridized carbons (Fsp3) is 0.333. The molecule has 7 heteroatoms. The van der Waals surface area contributed by atoms with Gasteiger partial charge in [-0.1, -0.05) is 72.3 Å². The van der Waals surface area contributed by atoms with Gasteiger partial charge in [0.05, 0.1) is 12.3 Å². The molecular formula is C27H35ClN2O2RuS. The Labute approximate surface area is 223 Å². The van der Waals surface area contributed by atoms with E-state index in [1.54, 1.807) is 24.3 Å². The molecule has 0 aliphatic rings. The van der Waals surface area contributed by atoms with Crippen LogP contribution in [0, 0.1) is 41.5 Å². The van der Waals surface area contributed by atoms with Crippen LogP contribution in [0.4, 0.5) is 0 Å². The van der Waals surface area contributed by atoms with Crippen LogP contribution in [0.15, 0.2) is 60.7 Å². The molecule has 2 atom stereocenters. The summed E-state index contributed by atoms with van der Waals surface area (Å²) in [6.07, 6.45) is 1.06. The topological polar surface area (TPSA) is 72.2 Å². The minimum atomic E-state index is -3.54. The Kier molecular flexibility index (Phi) is 11.1. The van der Waals surface area contributed by atoms with E-state index in [1.807, 2.05) is 36.4 Å². The van der Waals surface area contributed by atoms with Crippen molar-refractivity contribution in [3.8, 4) is 0 Å². The standard InChI is InChI=1S/C15H17ClN2O2S.C12H18.Ru/c1-21(19,20)18-15(16,13-10-6-3-7-11-13)14(17)12-8-4-2-5-9-12;1-7-8(2)10(4)12(6)11(5)9(7)3;/h2-11,14,18H,17H2,1H3;1-6H3;/t14-,15-;;/m1../s1. The third-order valence-corrected chi connectivity index (χ3v) is 7.84. The molecule has 3 rings (SSSR count). The molecule has 3 aromatic carbocycles. The molecular weight excluding hydrogens is 553 g/mol. The summed E-state index contributed by atoms with van der Waals surface area (Å²) < 4.78 is 25.9. The van der Waals surface area contributed by atoms with Crippen molar-refractivity contribution in [1.29, 1.82) is 0 Å². The summed E-state index contributed by atoms with van der Waals surface area (Å²) in [7, 11) is -3.54. The first-order chi connectivity index (χ1) is 15.3. The maximum Gasteiger partial charge on any atom is 0.210 e. The molecule has 0 spiro atoms. The number of alkyl halides is 1. The first-order valence-electron chi connectivity index (χ1n) is 10.9. The van der Waals surface area contributed by atoms with E-state index in [9.17, 15) is 8.42 Å². The Morgan fingerprint density at radius 1 is 0.735 bits per heavy atom. The number of benzene rings is 3. The van der Waals surface area contributed by atoms with Crippen LogP contribution in [0.25, 0.3) is 0 Å². The zero-order chi connectivity index (χ0) is 25.0. The molecule has 3 aromatic rings. The van der Waals surface area contributed by atoms with Crippen molar-refractivity contribution in [1.82, 2.24) is 4.72 Å². The summed E-state index contributed by atoms with van der Waals surface area (Å²) in [6.45, 7) is 13.3.